The van der Waals surface area contributed by atoms with Crippen molar-refractivity contribution in [2.75, 3.05) is 23.3 Å². The van der Waals surface area contributed by atoms with Crippen molar-refractivity contribution in [1.82, 2.24) is 0 Å². The highest BCUT2D eigenvalue weighted by Gasteiger charge is 2.24. The van der Waals surface area contributed by atoms with Crippen LogP contribution >= 0.6 is 11.6 Å². The van der Waals surface area contributed by atoms with Gasteiger partial charge in [-0.3, -0.25) is 25.0 Å². The van der Waals surface area contributed by atoms with Gasteiger partial charge in [-0.2, -0.15) is 0 Å². The summed E-state index contributed by atoms with van der Waals surface area (Å²) in [4.78, 5) is 35.8. The highest BCUT2D eigenvalue weighted by molar-refractivity contribution is 6.33. The minimum Gasteiger partial charge on any atom is -0.366 e. The van der Waals surface area contributed by atoms with Crippen molar-refractivity contribution >= 4 is 40.3 Å². The quantitative estimate of drug-likeness (QED) is 0.585. The molecule has 2 aromatic carbocycles. The largest absolute Gasteiger partial charge is 0.366 e. The first-order valence-corrected chi connectivity index (χ1v) is 8.95. The smallest absolute Gasteiger partial charge is 0.293 e. The van der Waals surface area contributed by atoms with Crippen molar-refractivity contribution in [1.29, 1.82) is 0 Å². The number of aryl methyl sites for hydroxylation is 1. The van der Waals surface area contributed by atoms with Crippen LogP contribution in [0.15, 0.2) is 30.3 Å². The Labute approximate surface area is 165 Å². The van der Waals surface area contributed by atoms with E-state index in [1.165, 1.54) is 24.3 Å². The summed E-state index contributed by atoms with van der Waals surface area (Å²) in [6.07, 6.45) is 1.94. The summed E-state index contributed by atoms with van der Waals surface area (Å²) in [6.45, 7) is 3.08. The van der Waals surface area contributed by atoms with Crippen LogP contribution in [0, 0.1) is 27.2 Å². The summed E-state index contributed by atoms with van der Waals surface area (Å²) in [7, 11) is 0. The Morgan fingerprint density at radius 1 is 1.07 bits per heavy atom. The van der Waals surface area contributed by atoms with Crippen LogP contribution in [0.5, 0.6) is 0 Å². The normalized spacial score (nSPS) is 13.4. The fourth-order valence-corrected chi connectivity index (χ4v) is 3.40. The zero-order valence-corrected chi connectivity index (χ0v) is 15.7. The van der Waals surface area contributed by atoms with Crippen LogP contribution in [-0.4, -0.2) is 28.8 Å². The number of hydrogen-bond acceptors (Lipinski definition) is 6. The lowest BCUT2D eigenvalue weighted by molar-refractivity contribution is -0.384. The maximum Gasteiger partial charge on any atom is 0.293 e. The third-order valence-corrected chi connectivity index (χ3v) is 4.92. The summed E-state index contributed by atoms with van der Waals surface area (Å²) in [5.41, 5.74) is 0.965. The molecular weight excluding hydrogens is 388 g/mol. The lowest BCUT2D eigenvalue weighted by Gasteiger charge is -2.18. The number of hydrogen-bond donors (Lipinski definition) is 1. The monoisotopic (exact) mass is 404 g/mol. The van der Waals surface area contributed by atoms with Gasteiger partial charge in [-0.25, -0.2) is 0 Å². The minimum absolute atomic E-state index is 0.110. The van der Waals surface area contributed by atoms with E-state index in [-0.39, 0.29) is 22.0 Å². The molecule has 0 unspecified atom stereocenters. The second-order valence-corrected chi connectivity index (χ2v) is 6.89. The van der Waals surface area contributed by atoms with Gasteiger partial charge in [0.25, 0.3) is 17.3 Å². The van der Waals surface area contributed by atoms with E-state index in [9.17, 15) is 25.0 Å². The summed E-state index contributed by atoms with van der Waals surface area (Å²) >= 11 is 5.90. The molecule has 0 atom stereocenters. The number of nitro benzene ring substituents is 2. The molecule has 28 heavy (non-hydrogen) atoms. The third-order valence-electron chi connectivity index (χ3n) is 4.62. The van der Waals surface area contributed by atoms with E-state index in [0.717, 1.165) is 25.9 Å². The minimum atomic E-state index is -0.610. The number of amides is 1. The Kier molecular flexibility index (Phi) is 5.46. The van der Waals surface area contributed by atoms with Gasteiger partial charge < -0.3 is 10.2 Å². The van der Waals surface area contributed by atoms with Crippen molar-refractivity contribution in [2.45, 2.75) is 19.8 Å². The van der Waals surface area contributed by atoms with E-state index in [1.807, 2.05) is 4.90 Å². The van der Waals surface area contributed by atoms with Crippen molar-refractivity contribution < 1.29 is 14.6 Å². The predicted octanol–water partition coefficient (Wildman–Crippen LogP) is 4.32. The molecule has 2 aromatic rings. The first-order valence-electron chi connectivity index (χ1n) is 8.57. The second kappa shape index (κ2) is 7.81. The molecule has 1 aliphatic rings. The van der Waals surface area contributed by atoms with E-state index < -0.39 is 15.8 Å². The summed E-state index contributed by atoms with van der Waals surface area (Å²) in [5.74, 6) is -0.566. The number of carbonyl (C=O) groups is 1. The summed E-state index contributed by atoms with van der Waals surface area (Å²) in [6, 6.07) is 6.90. The van der Waals surface area contributed by atoms with E-state index in [4.69, 9.17) is 11.6 Å². The van der Waals surface area contributed by atoms with Crippen molar-refractivity contribution in [3.8, 4) is 0 Å². The zero-order valence-electron chi connectivity index (χ0n) is 15.0. The molecule has 1 aliphatic heterocycles. The molecule has 1 N–H and O–H groups in total. The van der Waals surface area contributed by atoms with Crippen LogP contribution in [-0.2, 0) is 0 Å². The molecule has 1 heterocycles. The van der Waals surface area contributed by atoms with Crippen molar-refractivity contribution in [3.05, 3.63) is 66.7 Å². The molecule has 146 valence electrons. The number of anilines is 2. The van der Waals surface area contributed by atoms with Gasteiger partial charge in [0.1, 0.15) is 10.7 Å². The number of nitrogens with zero attached hydrogens (tertiary/aromatic N) is 3. The Balaban J connectivity index is 1.89. The van der Waals surface area contributed by atoms with Gasteiger partial charge in [0.15, 0.2) is 0 Å². The standard InChI is InChI=1S/C18H17ClN4O5/c1-11-8-16(22(25)26)13(19)10-14(11)20-18(24)12-4-5-15(17(9-12)23(27)28)21-6-2-3-7-21/h4-5,8-10H,2-3,6-7H2,1H3,(H,20,24). The maximum absolute atomic E-state index is 12.6. The Hall–Kier alpha value is -3.20. The van der Waals surface area contributed by atoms with Crippen LogP contribution < -0.4 is 10.2 Å². The molecule has 0 bridgehead atoms. The summed E-state index contributed by atoms with van der Waals surface area (Å²) in [5, 5.41) is 24.9. The molecule has 10 heteroatoms. The molecule has 0 aliphatic carbocycles. The third kappa shape index (κ3) is 3.89. The lowest BCUT2D eigenvalue weighted by atomic mass is 10.1. The molecule has 0 saturated carbocycles. The van der Waals surface area contributed by atoms with Gasteiger partial charge in [-0.1, -0.05) is 11.6 Å². The summed E-state index contributed by atoms with van der Waals surface area (Å²) < 4.78 is 0. The molecule has 1 amide bonds. The lowest BCUT2D eigenvalue weighted by Crippen LogP contribution is -2.20. The average Bonchev–Trinajstić information content (AvgIpc) is 3.18. The first kappa shape index (κ1) is 19.6. The molecule has 0 radical (unpaired) electrons. The fraction of sp³-hybridized carbons (Fsp3) is 0.278. The number of halogens is 1. The van der Waals surface area contributed by atoms with Gasteiger partial charge in [-0.15, -0.1) is 0 Å². The van der Waals surface area contributed by atoms with E-state index in [0.29, 0.717) is 16.9 Å². The maximum atomic E-state index is 12.6. The Bertz CT molecular complexity index is 973. The number of carbonyl (C=O) groups excluding carboxylic acids is 1. The van der Waals surface area contributed by atoms with Gasteiger partial charge in [0.2, 0.25) is 0 Å². The Morgan fingerprint density at radius 2 is 1.71 bits per heavy atom. The molecular formula is C18H17ClN4O5. The van der Waals surface area contributed by atoms with E-state index in [2.05, 4.69) is 5.32 Å². The molecule has 0 spiro atoms. The van der Waals surface area contributed by atoms with Crippen LogP contribution in [0.1, 0.15) is 28.8 Å². The molecule has 9 nitrogen and oxygen atoms in total. The Morgan fingerprint density at radius 3 is 2.32 bits per heavy atom. The van der Waals surface area contributed by atoms with E-state index in [1.54, 1.807) is 13.0 Å². The number of nitrogens with one attached hydrogen (secondary N) is 1. The van der Waals surface area contributed by atoms with Gasteiger partial charge in [-0.05, 0) is 43.5 Å². The van der Waals surface area contributed by atoms with Gasteiger partial charge in [0, 0.05) is 36.5 Å². The number of nitro groups is 2. The number of rotatable bonds is 5. The van der Waals surface area contributed by atoms with Crippen LogP contribution in [0.4, 0.5) is 22.7 Å². The molecule has 1 fully saturated rings. The highest BCUT2D eigenvalue weighted by atomic mass is 35.5. The molecule has 1 saturated heterocycles. The fourth-order valence-electron chi connectivity index (χ4n) is 3.17. The highest BCUT2D eigenvalue weighted by Crippen LogP contribution is 2.33. The second-order valence-electron chi connectivity index (χ2n) is 6.48. The predicted molar refractivity (Wildman–Crippen MR) is 105 cm³/mol. The van der Waals surface area contributed by atoms with Crippen LogP contribution in [0.2, 0.25) is 5.02 Å². The van der Waals surface area contributed by atoms with E-state index >= 15 is 0 Å². The number of benzene rings is 2. The van der Waals surface area contributed by atoms with Gasteiger partial charge >= 0.3 is 0 Å². The first-order chi connectivity index (χ1) is 13.3. The topological polar surface area (TPSA) is 119 Å². The van der Waals surface area contributed by atoms with Crippen molar-refractivity contribution in [3.63, 3.8) is 0 Å². The van der Waals surface area contributed by atoms with Crippen LogP contribution in [0.3, 0.4) is 0 Å². The zero-order chi connectivity index (χ0) is 20.4. The van der Waals surface area contributed by atoms with Crippen LogP contribution in [0.25, 0.3) is 0 Å². The molecule has 3 rings (SSSR count). The SMILES string of the molecule is Cc1cc([N+](=O)[O-])c(Cl)cc1NC(=O)c1ccc(N2CCCC2)c([N+](=O)[O-])c1. The average molecular weight is 405 g/mol. The van der Waals surface area contributed by atoms with Gasteiger partial charge in [0.05, 0.1) is 9.85 Å². The molecule has 0 aromatic heterocycles. The van der Waals surface area contributed by atoms with Crippen molar-refractivity contribution in [2.24, 2.45) is 0 Å².